The number of benzene rings is 4. The molecule has 142 valence electrons. The molecule has 0 aliphatic rings. The Hall–Kier alpha value is -3.60. The predicted molar refractivity (Wildman–Crippen MR) is 109 cm³/mol. The van der Waals surface area contributed by atoms with Crippen molar-refractivity contribution in [2.24, 2.45) is 0 Å². The predicted octanol–water partition coefficient (Wildman–Crippen LogP) is 4.72. The van der Waals surface area contributed by atoms with Gasteiger partial charge in [-0.05, 0) is 52.1 Å². The van der Waals surface area contributed by atoms with Crippen molar-refractivity contribution in [2.75, 3.05) is 14.2 Å². The van der Waals surface area contributed by atoms with E-state index in [1.54, 1.807) is 24.3 Å². The summed E-state index contributed by atoms with van der Waals surface area (Å²) < 4.78 is 11.1. The topological polar surface area (TPSA) is 79.2 Å². The van der Waals surface area contributed by atoms with Gasteiger partial charge in [0, 0.05) is 17.4 Å². The van der Waals surface area contributed by atoms with Crippen molar-refractivity contribution in [3.05, 3.63) is 65.7 Å². The Morgan fingerprint density at radius 2 is 1.36 bits per heavy atom. The zero-order chi connectivity index (χ0) is 19.8. The number of hydrogen-bond donors (Lipinski definition) is 3. The quantitative estimate of drug-likeness (QED) is 0.449. The van der Waals surface area contributed by atoms with Crippen LogP contribution in [0.15, 0.2) is 54.6 Å². The number of methoxy groups -OCH3 is 2. The number of hydrogen-bond acceptors (Lipinski definition) is 5. The van der Waals surface area contributed by atoms with Crippen LogP contribution < -0.4 is 9.47 Å². The number of aromatic hydroxyl groups is 3. The van der Waals surface area contributed by atoms with Crippen LogP contribution in [0, 0.1) is 0 Å². The van der Waals surface area contributed by atoms with Crippen molar-refractivity contribution in [3.63, 3.8) is 0 Å². The minimum Gasteiger partial charge on any atom is -0.508 e. The molecule has 0 saturated carbocycles. The number of phenolic OH excluding ortho intramolecular Hbond substituents is 3. The largest absolute Gasteiger partial charge is 0.508 e. The maximum Gasteiger partial charge on any atom is 0.204 e. The molecular weight excluding hydrogens is 356 g/mol. The Morgan fingerprint density at radius 3 is 2.04 bits per heavy atom. The first-order valence-electron chi connectivity index (χ1n) is 8.82. The van der Waals surface area contributed by atoms with Crippen LogP contribution in [0.25, 0.3) is 21.5 Å². The lowest BCUT2D eigenvalue weighted by Gasteiger charge is -2.19. The van der Waals surface area contributed by atoms with Gasteiger partial charge in [0.15, 0.2) is 11.5 Å². The molecule has 0 saturated heterocycles. The molecule has 0 aliphatic carbocycles. The molecule has 4 aromatic rings. The average Bonchev–Trinajstić information content (AvgIpc) is 2.70. The summed E-state index contributed by atoms with van der Waals surface area (Å²) in [7, 11) is 3.03. The molecule has 4 rings (SSSR count). The van der Waals surface area contributed by atoms with Gasteiger partial charge in [-0.1, -0.05) is 24.3 Å². The van der Waals surface area contributed by atoms with Crippen LogP contribution in [-0.2, 0) is 6.42 Å². The highest BCUT2D eigenvalue weighted by atomic mass is 16.5. The van der Waals surface area contributed by atoms with Crippen LogP contribution in [0.4, 0.5) is 0 Å². The van der Waals surface area contributed by atoms with Crippen molar-refractivity contribution in [1.29, 1.82) is 0 Å². The van der Waals surface area contributed by atoms with E-state index in [-0.39, 0.29) is 23.0 Å². The first-order chi connectivity index (χ1) is 13.5. The van der Waals surface area contributed by atoms with Crippen molar-refractivity contribution >= 4 is 21.5 Å². The normalized spacial score (nSPS) is 11.1. The maximum absolute atomic E-state index is 10.9. The smallest absolute Gasteiger partial charge is 0.204 e. The van der Waals surface area contributed by atoms with Crippen molar-refractivity contribution in [1.82, 2.24) is 0 Å². The monoisotopic (exact) mass is 376 g/mol. The lowest BCUT2D eigenvalue weighted by Crippen LogP contribution is -1.99. The fourth-order valence-electron chi connectivity index (χ4n) is 3.68. The zero-order valence-corrected chi connectivity index (χ0v) is 15.6. The number of fused-ring (bicyclic) bond motifs is 3. The fraction of sp³-hybridized carbons (Fsp3) is 0.130. The van der Waals surface area contributed by atoms with Crippen LogP contribution in [0.3, 0.4) is 0 Å². The first kappa shape index (κ1) is 17.8. The van der Waals surface area contributed by atoms with Crippen molar-refractivity contribution in [3.8, 4) is 28.7 Å². The Labute approximate surface area is 162 Å². The third-order valence-corrected chi connectivity index (χ3v) is 4.99. The second-order valence-corrected chi connectivity index (χ2v) is 6.63. The second kappa shape index (κ2) is 6.85. The van der Waals surface area contributed by atoms with E-state index in [2.05, 4.69) is 0 Å². The third kappa shape index (κ3) is 2.81. The first-order valence-corrected chi connectivity index (χ1v) is 8.82. The van der Waals surface area contributed by atoms with E-state index in [4.69, 9.17) is 9.47 Å². The summed E-state index contributed by atoms with van der Waals surface area (Å²) in [6.45, 7) is 0. The van der Waals surface area contributed by atoms with E-state index in [1.165, 1.54) is 14.2 Å². The van der Waals surface area contributed by atoms with Crippen LogP contribution in [0.1, 0.15) is 11.1 Å². The van der Waals surface area contributed by atoms with E-state index < -0.39 is 0 Å². The highest BCUT2D eigenvalue weighted by molar-refractivity contribution is 6.13. The molecule has 3 N–H and O–H groups in total. The van der Waals surface area contributed by atoms with Gasteiger partial charge in [0.05, 0.1) is 14.2 Å². The van der Waals surface area contributed by atoms with Crippen LogP contribution in [0.5, 0.6) is 28.7 Å². The highest BCUT2D eigenvalue weighted by Gasteiger charge is 2.22. The van der Waals surface area contributed by atoms with Crippen LogP contribution >= 0.6 is 0 Å². The van der Waals surface area contributed by atoms with Gasteiger partial charge >= 0.3 is 0 Å². The van der Waals surface area contributed by atoms with E-state index in [9.17, 15) is 15.3 Å². The summed E-state index contributed by atoms with van der Waals surface area (Å²) in [5, 5.41) is 33.7. The van der Waals surface area contributed by atoms with Gasteiger partial charge in [0.2, 0.25) is 5.75 Å². The highest BCUT2D eigenvalue weighted by Crippen LogP contribution is 2.49. The lowest BCUT2D eigenvalue weighted by atomic mass is 9.92. The molecule has 0 bridgehead atoms. The molecular formula is C23H20O5. The summed E-state index contributed by atoms with van der Waals surface area (Å²) in [5.74, 6) is 1.11. The van der Waals surface area contributed by atoms with Gasteiger partial charge in [0.1, 0.15) is 11.5 Å². The Kier molecular flexibility index (Phi) is 4.35. The summed E-state index contributed by atoms with van der Waals surface area (Å²) in [6, 6.07) is 15.8. The Bertz CT molecular complexity index is 1180. The standard InChI is InChI=1S/C23H20O5/c1-27-22-20-17-10-8-16(25)12-14(17)5-9-18(20)19(21(26)23(22)28-2)11-13-3-6-15(24)7-4-13/h3-10,12,24-26H,11H2,1-2H3. The number of phenols is 3. The van der Waals surface area contributed by atoms with Gasteiger partial charge in [-0.3, -0.25) is 0 Å². The minimum atomic E-state index is 0.0260. The van der Waals surface area contributed by atoms with Gasteiger partial charge < -0.3 is 24.8 Å². The molecule has 5 heteroatoms. The number of ether oxygens (including phenoxy) is 2. The molecule has 0 heterocycles. The Morgan fingerprint density at radius 1 is 0.714 bits per heavy atom. The van der Waals surface area contributed by atoms with Gasteiger partial charge in [-0.2, -0.15) is 0 Å². The molecule has 0 unspecified atom stereocenters. The van der Waals surface area contributed by atoms with Gasteiger partial charge in [-0.15, -0.1) is 0 Å². The summed E-state index contributed by atoms with van der Waals surface area (Å²) >= 11 is 0. The molecule has 0 fully saturated rings. The molecule has 5 nitrogen and oxygen atoms in total. The Balaban J connectivity index is 2.07. The van der Waals surface area contributed by atoms with Gasteiger partial charge in [0.25, 0.3) is 0 Å². The fourth-order valence-corrected chi connectivity index (χ4v) is 3.68. The molecule has 0 spiro atoms. The van der Waals surface area contributed by atoms with E-state index in [0.29, 0.717) is 17.7 Å². The summed E-state index contributed by atoms with van der Waals surface area (Å²) in [5.41, 5.74) is 1.64. The summed E-state index contributed by atoms with van der Waals surface area (Å²) in [6.07, 6.45) is 0.451. The molecule has 0 aromatic heterocycles. The molecule has 28 heavy (non-hydrogen) atoms. The van der Waals surface area contributed by atoms with E-state index in [1.807, 2.05) is 30.3 Å². The van der Waals surface area contributed by atoms with E-state index in [0.717, 1.165) is 27.1 Å². The minimum absolute atomic E-state index is 0.0260. The van der Waals surface area contributed by atoms with Crippen molar-refractivity contribution < 1.29 is 24.8 Å². The van der Waals surface area contributed by atoms with E-state index >= 15 is 0 Å². The zero-order valence-electron chi connectivity index (χ0n) is 15.6. The second-order valence-electron chi connectivity index (χ2n) is 6.63. The third-order valence-electron chi connectivity index (χ3n) is 4.99. The SMILES string of the molecule is COc1c(O)c(Cc2ccc(O)cc2)c2ccc3cc(O)ccc3c2c1OC. The average molecular weight is 376 g/mol. The molecule has 0 atom stereocenters. The molecule has 0 aliphatic heterocycles. The molecule has 0 amide bonds. The lowest BCUT2D eigenvalue weighted by molar-refractivity contribution is 0.335. The number of rotatable bonds is 4. The van der Waals surface area contributed by atoms with Gasteiger partial charge in [-0.25, -0.2) is 0 Å². The van der Waals surface area contributed by atoms with Crippen LogP contribution in [0.2, 0.25) is 0 Å². The summed E-state index contributed by atoms with van der Waals surface area (Å²) in [4.78, 5) is 0. The molecule has 4 aromatic carbocycles. The van der Waals surface area contributed by atoms with Crippen LogP contribution in [-0.4, -0.2) is 29.5 Å². The van der Waals surface area contributed by atoms with Crippen molar-refractivity contribution in [2.45, 2.75) is 6.42 Å². The molecule has 0 radical (unpaired) electrons. The maximum atomic E-state index is 10.9.